The molecule has 0 heterocycles. The fourth-order valence-corrected chi connectivity index (χ4v) is 0.805. The molecule has 0 aromatic heterocycles. The van der Waals surface area contributed by atoms with Crippen molar-refractivity contribution in [2.75, 3.05) is 0 Å². The Hall–Kier alpha value is -0.570. The van der Waals surface area contributed by atoms with Crippen molar-refractivity contribution in [3.63, 3.8) is 0 Å². The number of nitrogens with two attached hydrogens (primary N) is 1. The minimum absolute atomic E-state index is 0.00993. The number of carboxylic acids is 1. The number of aliphatic carboxylic acids is 1. The molecule has 0 fully saturated rings. The van der Waals surface area contributed by atoms with Gasteiger partial charge in [-0.3, -0.25) is 4.79 Å². The highest BCUT2D eigenvalue weighted by atomic mass is 16.4. The maximum Gasteiger partial charge on any atom is 0.305 e. The van der Waals surface area contributed by atoms with Gasteiger partial charge in [0.05, 0.1) is 5.92 Å². The summed E-state index contributed by atoms with van der Waals surface area (Å²) < 4.78 is 0. The quantitative estimate of drug-likeness (QED) is 0.761. The van der Waals surface area contributed by atoms with E-state index < -0.39 is 5.97 Å². The number of rotatable bonds is 4. The molecule has 1 atom stereocenters. The van der Waals surface area contributed by atoms with Crippen LogP contribution in [0.5, 0.6) is 0 Å². The van der Waals surface area contributed by atoms with Crippen LogP contribution < -0.4 is 5.73 Å². The van der Waals surface area contributed by atoms with Crippen LogP contribution in [0.3, 0.4) is 0 Å². The topological polar surface area (TPSA) is 63.3 Å². The van der Waals surface area contributed by atoms with Crippen LogP contribution in [0.25, 0.3) is 0 Å². The molecule has 0 bridgehead atoms. The second kappa shape index (κ2) is 7.69. The molecule has 3 heteroatoms. The molecule has 0 spiro atoms. The normalized spacial score (nSPS) is 13.1. The van der Waals surface area contributed by atoms with Crippen molar-refractivity contribution >= 4 is 5.97 Å². The van der Waals surface area contributed by atoms with Gasteiger partial charge in [0.1, 0.15) is 0 Å². The second-order valence-corrected chi connectivity index (χ2v) is 5.00. The zero-order chi connectivity index (χ0) is 12.6. The third-order valence-electron chi connectivity index (χ3n) is 2.49. The molecule has 15 heavy (non-hydrogen) atoms. The number of carbonyl (C=O) groups is 1. The first kappa shape index (κ1) is 16.8. The summed E-state index contributed by atoms with van der Waals surface area (Å²) in [6, 6.07) is 0. The molecule has 0 saturated carbocycles. The summed E-state index contributed by atoms with van der Waals surface area (Å²) in [6.45, 7) is 11.9. The highest BCUT2D eigenvalue weighted by Crippen LogP contribution is 2.17. The van der Waals surface area contributed by atoms with Gasteiger partial charge in [-0.2, -0.15) is 0 Å². The summed E-state index contributed by atoms with van der Waals surface area (Å²) in [6.07, 6.45) is 2.48. The molecule has 0 aromatic rings. The molecule has 0 aromatic carbocycles. The first-order valence-electron chi connectivity index (χ1n) is 5.64. The maximum atomic E-state index is 9.70. The van der Waals surface area contributed by atoms with E-state index in [1.807, 2.05) is 0 Å². The van der Waals surface area contributed by atoms with Gasteiger partial charge >= 0.3 is 5.97 Å². The van der Waals surface area contributed by atoms with E-state index in [2.05, 4.69) is 27.7 Å². The number of hydrogen-bond donors (Lipinski definition) is 2. The Morgan fingerprint density at radius 1 is 1.33 bits per heavy atom. The third-order valence-corrected chi connectivity index (χ3v) is 2.49. The maximum absolute atomic E-state index is 9.70. The van der Waals surface area contributed by atoms with Crippen molar-refractivity contribution in [3.05, 3.63) is 0 Å². The van der Waals surface area contributed by atoms with Crippen LogP contribution in [0.4, 0.5) is 0 Å². The van der Waals surface area contributed by atoms with Gasteiger partial charge in [-0.15, -0.1) is 0 Å². The molecular weight excluding hydrogens is 190 g/mol. The first-order chi connectivity index (χ1) is 6.62. The van der Waals surface area contributed by atoms with Crippen molar-refractivity contribution in [3.8, 4) is 0 Å². The molecule has 1 unspecified atom stereocenters. The third kappa shape index (κ3) is 11.4. The van der Waals surface area contributed by atoms with Crippen LogP contribution in [0.1, 0.15) is 54.4 Å². The molecule has 0 saturated heterocycles. The standard InChI is InChI=1S/C8H19N.C4H8O2/c1-5-6-7(2)8(3,4)9;1-3(2)4(5)6/h7H,5-6,9H2,1-4H3;3H,1-2H3,(H,5,6). The lowest BCUT2D eigenvalue weighted by Gasteiger charge is -2.26. The molecular formula is C12H27NO2. The van der Waals surface area contributed by atoms with Gasteiger partial charge in [0.25, 0.3) is 0 Å². The average Bonchev–Trinajstić information content (AvgIpc) is 2.03. The Kier molecular flexibility index (Phi) is 8.63. The Balaban J connectivity index is 0. The van der Waals surface area contributed by atoms with Gasteiger partial charge in [-0.1, -0.05) is 34.1 Å². The summed E-state index contributed by atoms with van der Waals surface area (Å²) in [5.74, 6) is -0.331. The van der Waals surface area contributed by atoms with Gasteiger partial charge in [-0.25, -0.2) is 0 Å². The highest BCUT2D eigenvalue weighted by Gasteiger charge is 2.18. The van der Waals surface area contributed by atoms with E-state index in [0.717, 1.165) is 0 Å². The predicted octanol–water partition coefficient (Wildman–Crippen LogP) is 2.89. The zero-order valence-electron chi connectivity index (χ0n) is 11.0. The summed E-state index contributed by atoms with van der Waals surface area (Å²) in [7, 11) is 0. The molecule has 3 N–H and O–H groups in total. The lowest BCUT2D eigenvalue weighted by Crippen LogP contribution is -2.39. The summed E-state index contributed by atoms with van der Waals surface area (Å²) in [5.41, 5.74) is 5.87. The van der Waals surface area contributed by atoms with Crippen molar-refractivity contribution in [2.24, 2.45) is 17.6 Å². The van der Waals surface area contributed by atoms with E-state index in [-0.39, 0.29) is 11.5 Å². The smallest absolute Gasteiger partial charge is 0.305 e. The highest BCUT2D eigenvalue weighted by molar-refractivity contribution is 5.68. The van der Waals surface area contributed by atoms with Gasteiger partial charge in [0.15, 0.2) is 0 Å². The summed E-state index contributed by atoms with van der Waals surface area (Å²) >= 11 is 0. The molecule has 0 aliphatic rings. The summed E-state index contributed by atoms with van der Waals surface area (Å²) in [4.78, 5) is 9.70. The molecule has 0 radical (unpaired) electrons. The monoisotopic (exact) mass is 217 g/mol. The van der Waals surface area contributed by atoms with Crippen LogP contribution in [-0.4, -0.2) is 16.6 Å². The van der Waals surface area contributed by atoms with Gasteiger partial charge < -0.3 is 10.8 Å². The lowest BCUT2D eigenvalue weighted by atomic mass is 9.87. The number of carboxylic acid groups (broad SMARTS) is 1. The Morgan fingerprint density at radius 2 is 1.67 bits per heavy atom. The van der Waals surface area contributed by atoms with Gasteiger partial charge in [0, 0.05) is 5.54 Å². The van der Waals surface area contributed by atoms with Crippen LogP contribution in [0.15, 0.2) is 0 Å². The minimum atomic E-state index is -0.741. The lowest BCUT2D eigenvalue weighted by molar-refractivity contribution is -0.140. The molecule has 0 aliphatic heterocycles. The first-order valence-corrected chi connectivity index (χ1v) is 5.64. The minimum Gasteiger partial charge on any atom is -0.481 e. The van der Waals surface area contributed by atoms with E-state index in [9.17, 15) is 4.79 Å². The SMILES string of the molecule is CC(C)C(=O)O.CCCC(C)C(C)(C)N. The number of hydrogen-bond acceptors (Lipinski definition) is 2. The predicted molar refractivity (Wildman–Crippen MR) is 64.8 cm³/mol. The summed E-state index contributed by atoms with van der Waals surface area (Å²) in [5, 5.41) is 7.99. The van der Waals surface area contributed by atoms with Crippen molar-refractivity contribution < 1.29 is 9.90 Å². The van der Waals surface area contributed by atoms with Crippen LogP contribution in [-0.2, 0) is 4.79 Å². The fourth-order valence-electron chi connectivity index (χ4n) is 0.805. The van der Waals surface area contributed by atoms with Crippen LogP contribution in [0, 0.1) is 11.8 Å². The van der Waals surface area contributed by atoms with Crippen LogP contribution >= 0.6 is 0 Å². The van der Waals surface area contributed by atoms with Crippen molar-refractivity contribution in [1.82, 2.24) is 0 Å². The fraction of sp³-hybridized carbons (Fsp3) is 0.917. The van der Waals surface area contributed by atoms with E-state index in [1.165, 1.54) is 12.8 Å². The van der Waals surface area contributed by atoms with Crippen molar-refractivity contribution in [2.45, 2.75) is 59.9 Å². The zero-order valence-corrected chi connectivity index (χ0v) is 11.0. The Bertz CT molecular complexity index is 171. The Labute approximate surface area is 94.1 Å². The van der Waals surface area contributed by atoms with Gasteiger partial charge in [0.2, 0.25) is 0 Å². The molecule has 92 valence electrons. The largest absolute Gasteiger partial charge is 0.481 e. The molecule has 0 rings (SSSR count). The van der Waals surface area contributed by atoms with Crippen LogP contribution in [0.2, 0.25) is 0 Å². The van der Waals surface area contributed by atoms with E-state index >= 15 is 0 Å². The molecule has 0 aliphatic carbocycles. The van der Waals surface area contributed by atoms with E-state index in [0.29, 0.717) is 5.92 Å². The molecule has 0 amide bonds. The average molecular weight is 217 g/mol. The van der Waals surface area contributed by atoms with E-state index in [4.69, 9.17) is 10.8 Å². The second-order valence-electron chi connectivity index (χ2n) is 5.00. The Morgan fingerprint density at radius 3 is 1.73 bits per heavy atom. The van der Waals surface area contributed by atoms with Crippen molar-refractivity contribution in [1.29, 1.82) is 0 Å². The molecule has 3 nitrogen and oxygen atoms in total. The van der Waals surface area contributed by atoms with Gasteiger partial charge in [-0.05, 0) is 26.2 Å². The van der Waals surface area contributed by atoms with E-state index in [1.54, 1.807) is 13.8 Å².